The van der Waals surface area contributed by atoms with Crippen LogP contribution in [0.1, 0.15) is 11.1 Å². The lowest BCUT2D eigenvalue weighted by Crippen LogP contribution is -2.49. The molecule has 162 valence electrons. The highest BCUT2D eigenvalue weighted by molar-refractivity contribution is 5.89. The quantitative estimate of drug-likeness (QED) is 0.656. The summed E-state index contributed by atoms with van der Waals surface area (Å²) in [6.45, 7) is 4.12. The molecule has 9 heteroatoms. The van der Waals surface area contributed by atoms with E-state index >= 15 is 0 Å². The predicted octanol–water partition coefficient (Wildman–Crippen LogP) is 3.09. The molecule has 1 saturated heterocycles. The molecule has 3 heterocycles. The fourth-order valence-corrected chi connectivity index (χ4v) is 3.26. The van der Waals surface area contributed by atoms with Crippen molar-refractivity contribution >= 4 is 11.7 Å². The summed E-state index contributed by atoms with van der Waals surface area (Å²) in [4.78, 5) is 18.5. The summed E-state index contributed by atoms with van der Waals surface area (Å²) in [7, 11) is 0. The van der Waals surface area contributed by atoms with Gasteiger partial charge in [-0.3, -0.25) is 4.68 Å². The molecule has 8 nitrogen and oxygen atoms in total. The maximum atomic E-state index is 13.0. The average Bonchev–Trinajstić information content (AvgIpc) is 3.21. The van der Waals surface area contributed by atoms with Gasteiger partial charge in [-0.05, 0) is 36.2 Å². The molecule has 1 atom stereocenters. The maximum Gasteiger partial charge on any atom is 0.322 e. The first kappa shape index (κ1) is 20.8. The van der Waals surface area contributed by atoms with Crippen molar-refractivity contribution in [2.45, 2.75) is 19.6 Å². The Hall–Kier alpha value is -3.46. The third-order valence-electron chi connectivity index (χ3n) is 4.88. The molecule has 31 heavy (non-hydrogen) atoms. The van der Waals surface area contributed by atoms with Gasteiger partial charge in [-0.15, -0.1) is 0 Å². The highest BCUT2D eigenvalue weighted by Crippen LogP contribution is 2.14. The summed E-state index contributed by atoms with van der Waals surface area (Å²) in [6.07, 6.45) is 4.79. The number of rotatable bonds is 6. The van der Waals surface area contributed by atoms with Crippen LogP contribution in [0.5, 0.6) is 5.88 Å². The molecule has 2 amide bonds. The van der Waals surface area contributed by atoms with Crippen molar-refractivity contribution in [2.75, 3.05) is 31.6 Å². The minimum absolute atomic E-state index is 0.219. The topological polar surface area (TPSA) is 81.5 Å². The zero-order chi connectivity index (χ0) is 21.6. The van der Waals surface area contributed by atoms with E-state index in [4.69, 9.17) is 9.47 Å². The zero-order valence-electron chi connectivity index (χ0n) is 17.2. The summed E-state index contributed by atoms with van der Waals surface area (Å²) < 4.78 is 26.2. The molecule has 1 unspecified atom stereocenters. The fraction of sp³-hybridized carbons (Fsp3) is 0.318. The van der Waals surface area contributed by atoms with Crippen molar-refractivity contribution in [1.82, 2.24) is 19.7 Å². The van der Waals surface area contributed by atoms with Gasteiger partial charge >= 0.3 is 6.03 Å². The number of nitrogens with zero attached hydrogens (tertiary/aromatic N) is 4. The Kier molecular flexibility index (Phi) is 6.42. The van der Waals surface area contributed by atoms with Gasteiger partial charge in [-0.25, -0.2) is 14.2 Å². The first-order valence-corrected chi connectivity index (χ1v) is 10.0. The van der Waals surface area contributed by atoms with Crippen molar-refractivity contribution < 1.29 is 18.7 Å². The summed E-state index contributed by atoms with van der Waals surface area (Å²) >= 11 is 0. The third kappa shape index (κ3) is 5.79. The number of benzene rings is 1. The van der Waals surface area contributed by atoms with E-state index in [1.165, 1.54) is 12.1 Å². The molecule has 0 aliphatic carbocycles. The lowest BCUT2D eigenvalue weighted by molar-refractivity contribution is -0.0343. The van der Waals surface area contributed by atoms with Crippen molar-refractivity contribution in [3.8, 4) is 5.88 Å². The van der Waals surface area contributed by atoms with E-state index in [9.17, 15) is 9.18 Å². The molecule has 1 aromatic carbocycles. The SMILES string of the molecule is Cc1ccnc(OCC2CN(C(=O)Nc3cnn(Cc4ccc(F)cc4)c3)CCO2)c1. The molecule has 2 aromatic heterocycles. The van der Waals surface area contributed by atoms with Crippen LogP contribution in [0, 0.1) is 12.7 Å². The van der Waals surface area contributed by atoms with Gasteiger partial charge in [0.2, 0.25) is 5.88 Å². The van der Waals surface area contributed by atoms with Crippen molar-refractivity contribution in [1.29, 1.82) is 0 Å². The molecular weight excluding hydrogens is 401 g/mol. The number of hydrogen-bond acceptors (Lipinski definition) is 5. The lowest BCUT2D eigenvalue weighted by Gasteiger charge is -2.32. The van der Waals surface area contributed by atoms with E-state index in [2.05, 4.69) is 15.4 Å². The van der Waals surface area contributed by atoms with E-state index in [1.54, 1.807) is 40.3 Å². The molecule has 0 spiro atoms. The molecule has 1 aliphatic heterocycles. The number of carbonyl (C=O) groups excluding carboxylic acids is 1. The number of anilines is 1. The Balaban J connectivity index is 1.28. The zero-order valence-corrected chi connectivity index (χ0v) is 17.2. The molecule has 4 rings (SSSR count). The van der Waals surface area contributed by atoms with Crippen LogP contribution in [-0.2, 0) is 11.3 Å². The van der Waals surface area contributed by atoms with E-state index < -0.39 is 0 Å². The second-order valence-corrected chi connectivity index (χ2v) is 7.40. The average molecular weight is 425 g/mol. The molecule has 0 bridgehead atoms. The highest BCUT2D eigenvalue weighted by Gasteiger charge is 2.25. The minimum atomic E-state index is -0.276. The van der Waals surface area contributed by atoms with Crippen LogP contribution >= 0.6 is 0 Å². The smallest absolute Gasteiger partial charge is 0.322 e. The number of hydrogen-bond donors (Lipinski definition) is 1. The van der Waals surface area contributed by atoms with Crippen LogP contribution in [0.4, 0.5) is 14.9 Å². The second kappa shape index (κ2) is 9.57. The largest absolute Gasteiger partial charge is 0.475 e. The lowest BCUT2D eigenvalue weighted by atomic mass is 10.2. The Morgan fingerprint density at radius 3 is 2.97 bits per heavy atom. The van der Waals surface area contributed by atoms with Crippen molar-refractivity contribution in [3.05, 3.63) is 71.9 Å². The summed E-state index contributed by atoms with van der Waals surface area (Å²) in [5.41, 5.74) is 2.58. The minimum Gasteiger partial charge on any atom is -0.475 e. The summed E-state index contributed by atoms with van der Waals surface area (Å²) in [6, 6.07) is 9.77. The first-order chi connectivity index (χ1) is 15.0. The Labute approximate surface area is 179 Å². The number of ether oxygens (including phenoxy) is 2. The van der Waals surface area contributed by atoms with Gasteiger partial charge in [0.15, 0.2) is 0 Å². The number of amides is 2. The van der Waals surface area contributed by atoms with Crippen LogP contribution in [0.2, 0.25) is 0 Å². The molecular formula is C22H24FN5O3. The monoisotopic (exact) mass is 425 g/mol. The van der Waals surface area contributed by atoms with Crippen LogP contribution in [0.3, 0.4) is 0 Å². The number of carbonyl (C=O) groups is 1. The van der Waals surface area contributed by atoms with Crippen LogP contribution < -0.4 is 10.1 Å². The van der Waals surface area contributed by atoms with Gasteiger partial charge in [0.25, 0.3) is 0 Å². The molecule has 1 N–H and O–H groups in total. The maximum absolute atomic E-state index is 13.0. The van der Waals surface area contributed by atoms with E-state index in [1.807, 2.05) is 19.1 Å². The van der Waals surface area contributed by atoms with Crippen LogP contribution in [0.15, 0.2) is 55.0 Å². The van der Waals surface area contributed by atoms with Crippen molar-refractivity contribution in [3.63, 3.8) is 0 Å². The number of pyridine rings is 1. The second-order valence-electron chi connectivity index (χ2n) is 7.40. The number of urea groups is 1. The number of halogens is 1. The van der Waals surface area contributed by atoms with Gasteiger partial charge in [0.05, 0.1) is 31.6 Å². The number of morpholine rings is 1. The predicted molar refractivity (Wildman–Crippen MR) is 113 cm³/mol. The summed E-state index contributed by atoms with van der Waals surface area (Å²) in [5, 5.41) is 7.12. The van der Waals surface area contributed by atoms with Gasteiger partial charge in [0, 0.05) is 25.0 Å². The number of aryl methyl sites for hydroxylation is 1. The van der Waals surface area contributed by atoms with E-state index in [-0.39, 0.29) is 18.0 Å². The molecule has 1 fully saturated rings. The highest BCUT2D eigenvalue weighted by atomic mass is 19.1. The van der Waals surface area contributed by atoms with Crippen molar-refractivity contribution in [2.24, 2.45) is 0 Å². The Morgan fingerprint density at radius 1 is 1.32 bits per heavy atom. The number of aromatic nitrogens is 3. The summed E-state index contributed by atoms with van der Waals surface area (Å²) in [5.74, 6) is 0.264. The fourth-order valence-electron chi connectivity index (χ4n) is 3.26. The molecule has 0 saturated carbocycles. The molecule has 3 aromatic rings. The van der Waals surface area contributed by atoms with Gasteiger partial charge in [-0.2, -0.15) is 5.10 Å². The van der Waals surface area contributed by atoms with Crippen LogP contribution in [-0.4, -0.2) is 58.1 Å². The normalized spacial score (nSPS) is 16.2. The van der Waals surface area contributed by atoms with Gasteiger partial charge in [-0.1, -0.05) is 12.1 Å². The van der Waals surface area contributed by atoms with E-state index in [0.29, 0.717) is 44.4 Å². The molecule has 0 radical (unpaired) electrons. The standard InChI is InChI=1S/C22H24FN5O3/c1-16-6-7-24-21(10-16)31-15-20-14-27(8-9-30-20)22(29)26-19-11-25-28(13-19)12-17-2-4-18(23)5-3-17/h2-7,10-11,13,20H,8-9,12,14-15H2,1H3,(H,26,29). The molecule has 1 aliphatic rings. The first-order valence-electron chi connectivity index (χ1n) is 10.0. The number of nitrogens with one attached hydrogen (secondary N) is 1. The van der Waals surface area contributed by atoms with Crippen LogP contribution in [0.25, 0.3) is 0 Å². The van der Waals surface area contributed by atoms with Gasteiger partial charge < -0.3 is 19.7 Å². The van der Waals surface area contributed by atoms with Gasteiger partial charge in [0.1, 0.15) is 18.5 Å². The Bertz CT molecular complexity index is 1020. The van der Waals surface area contributed by atoms with E-state index in [0.717, 1.165) is 11.1 Å². The third-order valence-corrected chi connectivity index (χ3v) is 4.88. The Morgan fingerprint density at radius 2 is 2.16 bits per heavy atom.